The van der Waals surface area contributed by atoms with Gasteiger partial charge in [0.05, 0.1) is 5.51 Å². The van der Waals surface area contributed by atoms with Gasteiger partial charge in [0.2, 0.25) is 5.91 Å². The van der Waals surface area contributed by atoms with Crippen molar-refractivity contribution in [2.75, 3.05) is 19.6 Å². The Morgan fingerprint density at radius 1 is 1.26 bits per heavy atom. The monoisotopic (exact) mass is 347 g/mol. The number of hydrogen-bond acceptors (Lipinski definition) is 5. The van der Waals surface area contributed by atoms with Crippen molar-refractivity contribution < 1.29 is 4.79 Å². The van der Waals surface area contributed by atoms with E-state index in [1.807, 2.05) is 23.0 Å². The summed E-state index contributed by atoms with van der Waals surface area (Å²) in [5.74, 6) is 0.590. The van der Waals surface area contributed by atoms with Crippen LogP contribution in [0, 0.1) is 5.92 Å². The van der Waals surface area contributed by atoms with E-state index in [-0.39, 0.29) is 5.92 Å². The van der Waals surface area contributed by atoms with Crippen LogP contribution in [0.1, 0.15) is 28.2 Å². The molecular formula is C17H21N3OS2. The number of carbonyl (C=O) groups is 1. The topological polar surface area (TPSA) is 36.4 Å². The second-order valence-corrected chi connectivity index (χ2v) is 8.37. The van der Waals surface area contributed by atoms with E-state index >= 15 is 0 Å². The van der Waals surface area contributed by atoms with Gasteiger partial charge >= 0.3 is 0 Å². The fourth-order valence-electron chi connectivity index (χ4n) is 3.57. The van der Waals surface area contributed by atoms with Gasteiger partial charge in [-0.05, 0) is 49.4 Å². The molecule has 1 fully saturated rings. The van der Waals surface area contributed by atoms with Gasteiger partial charge in [-0.25, -0.2) is 0 Å². The molecule has 0 N–H and O–H groups in total. The van der Waals surface area contributed by atoms with Crippen LogP contribution in [-0.2, 0) is 24.3 Å². The van der Waals surface area contributed by atoms with E-state index in [1.54, 1.807) is 11.3 Å². The SMILES string of the molecule is O=C(C1CCN(Cc2cncs2)CC1)N1CCc2sccc2C1. The summed E-state index contributed by atoms with van der Waals surface area (Å²) in [6, 6.07) is 2.18. The van der Waals surface area contributed by atoms with Gasteiger partial charge in [0.15, 0.2) is 0 Å². The third kappa shape index (κ3) is 3.34. The lowest BCUT2D eigenvalue weighted by Crippen LogP contribution is -2.43. The number of aromatic nitrogens is 1. The zero-order chi connectivity index (χ0) is 15.6. The maximum absolute atomic E-state index is 12.8. The second kappa shape index (κ2) is 6.71. The highest BCUT2D eigenvalue weighted by atomic mass is 32.1. The third-order valence-corrected chi connectivity index (χ3v) is 6.71. The zero-order valence-electron chi connectivity index (χ0n) is 13.1. The minimum absolute atomic E-state index is 0.216. The third-order valence-electron chi connectivity index (χ3n) is 4.92. The molecule has 4 nitrogen and oxygen atoms in total. The van der Waals surface area contributed by atoms with Gasteiger partial charge in [0, 0.05) is 41.5 Å². The summed E-state index contributed by atoms with van der Waals surface area (Å²) < 4.78 is 0. The van der Waals surface area contributed by atoms with Gasteiger partial charge in [0.1, 0.15) is 0 Å². The number of thiophene rings is 1. The van der Waals surface area contributed by atoms with Crippen molar-refractivity contribution in [3.05, 3.63) is 38.5 Å². The zero-order valence-corrected chi connectivity index (χ0v) is 14.7. The molecule has 0 aliphatic carbocycles. The molecule has 4 rings (SSSR count). The van der Waals surface area contributed by atoms with Gasteiger partial charge in [-0.15, -0.1) is 22.7 Å². The van der Waals surface area contributed by atoms with Crippen molar-refractivity contribution in [1.82, 2.24) is 14.8 Å². The predicted octanol–water partition coefficient (Wildman–Crippen LogP) is 3.00. The molecule has 0 atom stereocenters. The Bertz CT molecular complexity index is 659. The average Bonchev–Trinajstić information content (AvgIpc) is 3.25. The van der Waals surface area contributed by atoms with Gasteiger partial charge in [-0.1, -0.05) is 0 Å². The lowest BCUT2D eigenvalue weighted by atomic mass is 9.94. The highest BCUT2D eigenvalue weighted by Crippen LogP contribution is 2.27. The fraction of sp³-hybridized carbons (Fsp3) is 0.529. The van der Waals surface area contributed by atoms with E-state index < -0.39 is 0 Å². The van der Waals surface area contributed by atoms with Crippen molar-refractivity contribution in [2.24, 2.45) is 5.92 Å². The van der Waals surface area contributed by atoms with Crippen LogP contribution in [0.3, 0.4) is 0 Å². The van der Waals surface area contributed by atoms with Gasteiger partial charge in [-0.3, -0.25) is 14.7 Å². The minimum atomic E-state index is 0.216. The molecule has 4 heterocycles. The molecule has 2 aliphatic rings. The van der Waals surface area contributed by atoms with Gasteiger partial charge < -0.3 is 4.90 Å². The first-order valence-electron chi connectivity index (χ1n) is 8.23. The maximum Gasteiger partial charge on any atom is 0.226 e. The van der Waals surface area contributed by atoms with E-state index in [0.29, 0.717) is 5.91 Å². The second-order valence-electron chi connectivity index (χ2n) is 6.40. The summed E-state index contributed by atoms with van der Waals surface area (Å²) in [5, 5.41) is 2.15. The standard InChI is InChI=1S/C17H21N3OS2/c21-17(20-7-3-16-14(10-20)4-8-22-16)13-1-5-19(6-2-13)11-15-9-18-12-23-15/h4,8-9,12-13H,1-3,5-7,10-11H2. The lowest BCUT2D eigenvalue weighted by molar-refractivity contribution is -0.138. The van der Waals surface area contributed by atoms with Crippen molar-refractivity contribution in [3.8, 4) is 0 Å². The van der Waals surface area contributed by atoms with Crippen molar-refractivity contribution >= 4 is 28.6 Å². The van der Waals surface area contributed by atoms with Crippen LogP contribution >= 0.6 is 22.7 Å². The van der Waals surface area contributed by atoms with E-state index in [0.717, 1.165) is 52.0 Å². The molecule has 0 unspecified atom stereocenters. The minimum Gasteiger partial charge on any atom is -0.338 e. The number of nitrogens with zero attached hydrogens (tertiary/aromatic N) is 3. The Labute approximate surface area is 144 Å². The largest absolute Gasteiger partial charge is 0.338 e. The number of amides is 1. The molecule has 2 aromatic heterocycles. The number of rotatable bonds is 3. The molecule has 2 aromatic rings. The quantitative estimate of drug-likeness (QED) is 0.856. The van der Waals surface area contributed by atoms with Crippen molar-refractivity contribution in [1.29, 1.82) is 0 Å². The van der Waals surface area contributed by atoms with Crippen LogP contribution < -0.4 is 0 Å². The number of hydrogen-bond donors (Lipinski definition) is 0. The highest BCUT2D eigenvalue weighted by molar-refractivity contribution is 7.10. The Kier molecular flexibility index (Phi) is 4.46. The number of fused-ring (bicyclic) bond motifs is 1. The van der Waals surface area contributed by atoms with E-state index in [4.69, 9.17) is 0 Å². The van der Waals surface area contributed by atoms with Gasteiger partial charge in [-0.2, -0.15) is 0 Å². The van der Waals surface area contributed by atoms with Crippen molar-refractivity contribution in [3.63, 3.8) is 0 Å². The first kappa shape index (κ1) is 15.3. The summed E-state index contributed by atoms with van der Waals surface area (Å²) in [6.45, 7) is 4.73. The van der Waals surface area contributed by atoms with E-state index in [2.05, 4.69) is 26.2 Å². The van der Waals surface area contributed by atoms with Crippen LogP contribution in [0.5, 0.6) is 0 Å². The molecule has 0 radical (unpaired) electrons. The van der Waals surface area contributed by atoms with E-state index in [9.17, 15) is 4.79 Å². The smallest absolute Gasteiger partial charge is 0.226 e. The molecule has 0 spiro atoms. The molecule has 2 aliphatic heterocycles. The predicted molar refractivity (Wildman–Crippen MR) is 93.6 cm³/mol. The summed E-state index contributed by atoms with van der Waals surface area (Å²) in [4.78, 5) is 24.3. The summed E-state index contributed by atoms with van der Waals surface area (Å²) in [5.41, 5.74) is 3.25. The number of thiazole rings is 1. The maximum atomic E-state index is 12.8. The van der Waals surface area contributed by atoms with Crippen molar-refractivity contribution in [2.45, 2.75) is 32.4 Å². The summed E-state index contributed by atoms with van der Waals surface area (Å²) in [6.07, 6.45) is 4.96. The lowest BCUT2D eigenvalue weighted by Gasteiger charge is -2.35. The summed E-state index contributed by atoms with van der Waals surface area (Å²) >= 11 is 3.54. The van der Waals surface area contributed by atoms with Gasteiger partial charge in [0.25, 0.3) is 0 Å². The Balaban J connectivity index is 1.31. The van der Waals surface area contributed by atoms with Crippen LogP contribution in [0.15, 0.2) is 23.2 Å². The molecule has 122 valence electrons. The first-order valence-corrected chi connectivity index (χ1v) is 9.99. The molecule has 0 bridgehead atoms. The molecule has 0 saturated carbocycles. The highest BCUT2D eigenvalue weighted by Gasteiger charge is 2.30. The first-order chi connectivity index (χ1) is 11.3. The molecule has 23 heavy (non-hydrogen) atoms. The van der Waals surface area contributed by atoms with Crippen LogP contribution in [0.25, 0.3) is 0 Å². The average molecular weight is 348 g/mol. The number of likely N-dealkylation sites (tertiary alicyclic amines) is 1. The Morgan fingerprint density at radius 2 is 2.13 bits per heavy atom. The number of carbonyl (C=O) groups excluding carboxylic acids is 1. The molecular weight excluding hydrogens is 326 g/mol. The Morgan fingerprint density at radius 3 is 2.91 bits per heavy atom. The van der Waals surface area contributed by atoms with Crippen LogP contribution in [-0.4, -0.2) is 40.3 Å². The number of piperidine rings is 1. The van der Waals surface area contributed by atoms with Crippen LogP contribution in [0.2, 0.25) is 0 Å². The summed E-state index contributed by atoms with van der Waals surface area (Å²) in [7, 11) is 0. The normalized spacial score (nSPS) is 19.7. The molecule has 1 amide bonds. The van der Waals surface area contributed by atoms with Crippen LogP contribution in [0.4, 0.5) is 0 Å². The fourth-order valence-corrected chi connectivity index (χ4v) is 5.10. The Hall–Kier alpha value is -1.24. The molecule has 1 saturated heterocycles. The molecule has 6 heteroatoms. The van der Waals surface area contributed by atoms with E-state index in [1.165, 1.54) is 15.3 Å². The molecule has 0 aromatic carbocycles.